The molecule has 0 radical (unpaired) electrons. The van der Waals surface area contributed by atoms with Crippen LogP contribution in [0.15, 0.2) is 35.1 Å². The molecule has 1 saturated heterocycles. The van der Waals surface area contributed by atoms with Gasteiger partial charge in [0, 0.05) is 17.6 Å². The molecule has 1 aromatic heterocycles. The minimum atomic E-state index is -0.00769. The summed E-state index contributed by atoms with van der Waals surface area (Å²) < 4.78 is 8.85. The molecule has 0 saturated carbocycles. The number of aromatic nitrogens is 3. The lowest BCUT2D eigenvalue weighted by Gasteiger charge is -2.23. The Balaban J connectivity index is 1.77. The monoisotopic (exact) mass is 322 g/mol. The first kappa shape index (κ1) is 12.8. The Kier molecular flexibility index (Phi) is 3.91. The average Bonchev–Trinajstić information content (AvgIpc) is 2.90. The van der Waals surface area contributed by atoms with E-state index in [1.807, 2.05) is 16.7 Å². The maximum atomic E-state index is 5.73. The summed E-state index contributed by atoms with van der Waals surface area (Å²) in [5.41, 5.74) is 1.22. The molecule has 1 aliphatic rings. The Morgan fingerprint density at radius 3 is 2.95 bits per heavy atom. The molecule has 3 rings (SSSR count). The van der Waals surface area contributed by atoms with Gasteiger partial charge in [-0.2, -0.15) is 0 Å². The van der Waals surface area contributed by atoms with Crippen molar-refractivity contribution < 1.29 is 4.74 Å². The van der Waals surface area contributed by atoms with Gasteiger partial charge in [-0.15, -0.1) is 10.2 Å². The molecule has 2 heterocycles. The lowest BCUT2D eigenvalue weighted by atomic mass is 10.2. The Morgan fingerprint density at radius 2 is 2.21 bits per heavy atom. The zero-order valence-electron chi connectivity index (χ0n) is 10.4. The van der Waals surface area contributed by atoms with Gasteiger partial charge in [-0.3, -0.25) is 0 Å². The number of hydrogen-bond donors (Lipinski definition) is 1. The molecule has 100 valence electrons. The molecule has 19 heavy (non-hydrogen) atoms. The van der Waals surface area contributed by atoms with Gasteiger partial charge in [-0.05, 0) is 17.7 Å². The van der Waals surface area contributed by atoms with Crippen molar-refractivity contribution >= 4 is 15.9 Å². The number of rotatable bonds is 3. The smallest absolute Gasteiger partial charge is 0.163 e. The summed E-state index contributed by atoms with van der Waals surface area (Å²) in [6.45, 7) is 3.17. The average molecular weight is 323 g/mol. The quantitative estimate of drug-likeness (QED) is 0.935. The van der Waals surface area contributed by atoms with Crippen LogP contribution in [0.5, 0.6) is 0 Å². The van der Waals surface area contributed by atoms with Crippen LogP contribution in [-0.2, 0) is 11.3 Å². The van der Waals surface area contributed by atoms with E-state index in [2.05, 4.69) is 43.6 Å². The van der Waals surface area contributed by atoms with E-state index in [9.17, 15) is 0 Å². The number of nitrogens with one attached hydrogen (secondary N) is 1. The first-order chi connectivity index (χ1) is 9.33. The van der Waals surface area contributed by atoms with Crippen molar-refractivity contribution in [3.8, 4) is 0 Å². The fraction of sp³-hybridized carbons (Fsp3) is 0.385. The Hall–Kier alpha value is -1.24. The lowest BCUT2D eigenvalue weighted by molar-refractivity contribution is 0.0199. The summed E-state index contributed by atoms with van der Waals surface area (Å²) in [7, 11) is 0. The number of hydrogen-bond acceptors (Lipinski definition) is 4. The van der Waals surface area contributed by atoms with E-state index in [4.69, 9.17) is 4.74 Å². The van der Waals surface area contributed by atoms with Gasteiger partial charge in [-0.25, -0.2) is 0 Å². The van der Waals surface area contributed by atoms with Crippen molar-refractivity contribution in [1.29, 1.82) is 0 Å². The summed E-state index contributed by atoms with van der Waals surface area (Å²) in [6, 6.07) is 8.26. The zero-order valence-corrected chi connectivity index (χ0v) is 12.0. The molecule has 0 spiro atoms. The van der Waals surface area contributed by atoms with Crippen LogP contribution in [0.3, 0.4) is 0 Å². The highest BCUT2D eigenvalue weighted by atomic mass is 79.9. The van der Waals surface area contributed by atoms with E-state index in [-0.39, 0.29) is 6.10 Å². The Morgan fingerprint density at radius 1 is 1.37 bits per heavy atom. The number of nitrogens with zero attached hydrogens (tertiary/aromatic N) is 3. The predicted molar refractivity (Wildman–Crippen MR) is 74.8 cm³/mol. The highest BCUT2D eigenvalue weighted by molar-refractivity contribution is 9.10. The van der Waals surface area contributed by atoms with Crippen LogP contribution in [0.4, 0.5) is 0 Å². The second-order valence-electron chi connectivity index (χ2n) is 4.51. The molecule has 0 amide bonds. The van der Waals surface area contributed by atoms with Crippen LogP contribution in [0.1, 0.15) is 17.5 Å². The second kappa shape index (κ2) is 5.81. The van der Waals surface area contributed by atoms with Crippen molar-refractivity contribution in [2.75, 3.05) is 19.7 Å². The number of morpholine rings is 1. The SMILES string of the molecule is Brc1ccc(Cn2cnnc2C2CNCCO2)cc1. The molecule has 1 unspecified atom stereocenters. The molecule has 1 aromatic carbocycles. The van der Waals surface area contributed by atoms with Crippen molar-refractivity contribution in [3.63, 3.8) is 0 Å². The topological polar surface area (TPSA) is 52.0 Å². The van der Waals surface area contributed by atoms with Gasteiger partial charge in [0.25, 0.3) is 0 Å². The van der Waals surface area contributed by atoms with Crippen LogP contribution < -0.4 is 5.32 Å². The normalized spacial score (nSPS) is 19.5. The highest BCUT2D eigenvalue weighted by Crippen LogP contribution is 2.18. The van der Waals surface area contributed by atoms with E-state index < -0.39 is 0 Å². The van der Waals surface area contributed by atoms with Gasteiger partial charge in [0.05, 0.1) is 13.2 Å². The van der Waals surface area contributed by atoms with Crippen molar-refractivity contribution in [2.45, 2.75) is 12.6 Å². The molecule has 1 fully saturated rings. The third kappa shape index (κ3) is 3.02. The minimum Gasteiger partial charge on any atom is -0.368 e. The van der Waals surface area contributed by atoms with Crippen molar-refractivity contribution in [2.24, 2.45) is 0 Å². The Labute approximate surface area is 120 Å². The molecule has 6 heteroatoms. The van der Waals surface area contributed by atoms with Crippen LogP contribution in [-0.4, -0.2) is 34.5 Å². The summed E-state index contributed by atoms with van der Waals surface area (Å²) in [4.78, 5) is 0. The van der Waals surface area contributed by atoms with Crippen LogP contribution in [0.2, 0.25) is 0 Å². The summed E-state index contributed by atoms with van der Waals surface area (Å²) >= 11 is 3.44. The predicted octanol–water partition coefficient (Wildman–Crippen LogP) is 1.75. The van der Waals surface area contributed by atoms with Crippen LogP contribution >= 0.6 is 15.9 Å². The van der Waals surface area contributed by atoms with Gasteiger partial charge in [0.2, 0.25) is 0 Å². The largest absolute Gasteiger partial charge is 0.368 e. The first-order valence-corrected chi connectivity index (χ1v) is 7.07. The second-order valence-corrected chi connectivity index (χ2v) is 5.42. The van der Waals surface area contributed by atoms with Crippen LogP contribution in [0, 0.1) is 0 Å². The Bertz CT molecular complexity index is 534. The van der Waals surface area contributed by atoms with E-state index in [0.29, 0.717) is 0 Å². The van der Waals surface area contributed by atoms with E-state index >= 15 is 0 Å². The van der Waals surface area contributed by atoms with Crippen LogP contribution in [0.25, 0.3) is 0 Å². The molecule has 1 N–H and O–H groups in total. The third-order valence-corrected chi connectivity index (χ3v) is 3.66. The number of halogens is 1. The van der Waals surface area contributed by atoms with E-state index in [1.165, 1.54) is 5.56 Å². The molecule has 5 nitrogen and oxygen atoms in total. The lowest BCUT2D eigenvalue weighted by Crippen LogP contribution is -2.34. The highest BCUT2D eigenvalue weighted by Gasteiger charge is 2.21. The maximum absolute atomic E-state index is 5.73. The molecule has 0 aliphatic carbocycles. The first-order valence-electron chi connectivity index (χ1n) is 6.27. The van der Waals surface area contributed by atoms with Gasteiger partial charge >= 0.3 is 0 Å². The molecule has 1 aliphatic heterocycles. The zero-order chi connectivity index (χ0) is 13.1. The summed E-state index contributed by atoms with van der Waals surface area (Å²) in [6.07, 6.45) is 1.75. The number of ether oxygens (including phenoxy) is 1. The molecular formula is C13H15BrN4O. The van der Waals surface area contributed by atoms with E-state index in [0.717, 1.165) is 36.5 Å². The summed E-state index contributed by atoms with van der Waals surface area (Å²) in [5, 5.41) is 11.5. The van der Waals surface area contributed by atoms with Gasteiger partial charge in [-0.1, -0.05) is 28.1 Å². The molecule has 0 bridgehead atoms. The fourth-order valence-corrected chi connectivity index (χ4v) is 2.42. The van der Waals surface area contributed by atoms with Gasteiger partial charge in [0.1, 0.15) is 12.4 Å². The van der Waals surface area contributed by atoms with E-state index in [1.54, 1.807) is 6.33 Å². The fourth-order valence-electron chi connectivity index (χ4n) is 2.15. The van der Waals surface area contributed by atoms with Crippen molar-refractivity contribution in [1.82, 2.24) is 20.1 Å². The molecular weight excluding hydrogens is 308 g/mol. The third-order valence-electron chi connectivity index (χ3n) is 3.13. The molecule has 2 aromatic rings. The van der Waals surface area contributed by atoms with Gasteiger partial charge in [0.15, 0.2) is 5.82 Å². The summed E-state index contributed by atoms with van der Waals surface area (Å²) in [5.74, 6) is 0.884. The number of benzene rings is 1. The van der Waals surface area contributed by atoms with Gasteiger partial charge < -0.3 is 14.6 Å². The standard InChI is InChI=1S/C13H15BrN4O/c14-11-3-1-10(2-4-11)8-18-9-16-17-13(18)12-7-15-5-6-19-12/h1-4,9,12,15H,5-8H2. The minimum absolute atomic E-state index is 0.00769. The maximum Gasteiger partial charge on any atom is 0.163 e. The van der Waals surface area contributed by atoms with Crippen molar-refractivity contribution in [3.05, 3.63) is 46.5 Å². The molecule has 1 atom stereocenters.